The highest BCUT2D eigenvalue weighted by molar-refractivity contribution is 5.85. The van der Waals surface area contributed by atoms with Crippen molar-refractivity contribution in [2.24, 2.45) is 11.8 Å². The van der Waals surface area contributed by atoms with E-state index in [1.807, 2.05) is 20.8 Å². The summed E-state index contributed by atoms with van der Waals surface area (Å²) in [6, 6.07) is -0.520. The Morgan fingerprint density at radius 2 is 1.84 bits per heavy atom. The number of ether oxygens (including phenoxy) is 1. The quantitative estimate of drug-likeness (QED) is 0.656. The van der Waals surface area contributed by atoms with Gasteiger partial charge in [-0.1, -0.05) is 40.5 Å². The largest absolute Gasteiger partial charge is 0.467 e. The molecule has 0 bridgehead atoms. The van der Waals surface area contributed by atoms with Gasteiger partial charge in [0.15, 0.2) is 0 Å². The van der Waals surface area contributed by atoms with Crippen molar-refractivity contribution in [3.05, 3.63) is 0 Å². The van der Waals surface area contributed by atoms with Crippen LogP contribution >= 0.6 is 0 Å². The van der Waals surface area contributed by atoms with Gasteiger partial charge in [-0.25, -0.2) is 4.79 Å². The van der Waals surface area contributed by atoms with Crippen molar-refractivity contribution in [1.82, 2.24) is 5.32 Å². The molecule has 2 atom stereocenters. The average Bonchev–Trinajstić information content (AvgIpc) is 2.37. The Morgan fingerprint density at radius 3 is 2.26 bits per heavy atom. The number of hydrogen-bond acceptors (Lipinski definition) is 3. The number of hydrogen-bond donors (Lipinski definition) is 1. The second-order valence-electron chi connectivity index (χ2n) is 5.46. The molecule has 0 saturated carbocycles. The molecule has 0 aromatic heterocycles. The lowest BCUT2D eigenvalue weighted by Crippen LogP contribution is -2.44. The van der Waals surface area contributed by atoms with Crippen LogP contribution in [0.5, 0.6) is 0 Å². The van der Waals surface area contributed by atoms with E-state index >= 15 is 0 Å². The van der Waals surface area contributed by atoms with Crippen LogP contribution in [-0.4, -0.2) is 25.0 Å². The summed E-state index contributed by atoms with van der Waals surface area (Å²) < 4.78 is 4.75. The summed E-state index contributed by atoms with van der Waals surface area (Å²) in [5, 5.41) is 2.85. The second kappa shape index (κ2) is 9.82. The first-order valence-corrected chi connectivity index (χ1v) is 7.34. The number of methoxy groups -OCH3 is 1. The Bertz CT molecular complexity index is 277. The van der Waals surface area contributed by atoms with Gasteiger partial charge in [-0.3, -0.25) is 4.79 Å². The van der Waals surface area contributed by atoms with Crippen molar-refractivity contribution in [2.45, 2.75) is 65.8 Å². The molecule has 0 aliphatic carbocycles. The molecular formula is C15H29NO3. The zero-order valence-corrected chi connectivity index (χ0v) is 13.0. The second-order valence-corrected chi connectivity index (χ2v) is 5.46. The first kappa shape index (κ1) is 17.9. The summed E-state index contributed by atoms with van der Waals surface area (Å²) in [6.07, 6.45) is 4.42. The van der Waals surface area contributed by atoms with Crippen LogP contribution in [0, 0.1) is 11.8 Å². The highest BCUT2D eigenvalue weighted by Gasteiger charge is 2.25. The number of carbonyl (C=O) groups is 2. The number of nitrogens with one attached hydrogen (secondary N) is 1. The first-order valence-electron chi connectivity index (χ1n) is 7.34. The van der Waals surface area contributed by atoms with Crippen LogP contribution in [0.4, 0.5) is 0 Å². The van der Waals surface area contributed by atoms with Crippen LogP contribution in [-0.2, 0) is 14.3 Å². The van der Waals surface area contributed by atoms with Crippen molar-refractivity contribution in [3.8, 4) is 0 Å². The molecular weight excluding hydrogens is 242 g/mol. The van der Waals surface area contributed by atoms with Crippen LogP contribution < -0.4 is 5.32 Å². The Balaban J connectivity index is 4.54. The Labute approximate surface area is 117 Å². The number of unbranched alkanes of at least 4 members (excludes halogenated alkanes) is 1. The molecule has 0 aliphatic rings. The van der Waals surface area contributed by atoms with E-state index in [2.05, 4.69) is 12.2 Å². The van der Waals surface area contributed by atoms with Gasteiger partial charge in [0.1, 0.15) is 6.04 Å². The monoisotopic (exact) mass is 271 g/mol. The summed E-state index contributed by atoms with van der Waals surface area (Å²) in [4.78, 5) is 23.8. The molecule has 19 heavy (non-hydrogen) atoms. The third-order valence-corrected chi connectivity index (χ3v) is 3.28. The number of rotatable bonds is 9. The molecule has 1 amide bonds. The van der Waals surface area contributed by atoms with Gasteiger partial charge in [-0.15, -0.1) is 0 Å². The number of carbonyl (C=O) groups excluding carboxylic acids is 2. The summed E-state index contributed by atoms with van der Waals surface area (Å²) >= 11 is 0. The Hall–Kier alpha value is -1.06. The molecule has 0 spiro atoms. The van der Waals surface area contributed by atoms with Gasteiger partial charge in [0.25, 0.3) is 0 Å². The lowest BCUT2D eigenvalue weighted by molar-refractivity contribution is -0.146. The maximum atomic E-state index is 12.2. The van der Waals surface area contributed by atoms with E-state index in [9.17, 15) is 9.59 Å². The Kier molecular flexibility index (Phi) is 9.27. The van der Waals surface area contributed by atoms with Gasteiger partial charge in [0.05, 0.1) is 7.11 Å². The standard InChI is InChI=1S/C15H29NO3/c1-6-8-9-12(7-2)14(17)16-13(10-11(3)4)15(18)19-5/h11-13H,6-10H2,1-5H3,(H,16,17). The summed E-state index contributed by atoms with van der Waals surface area (Å²) in [6.45, 7) is 8.17. The van der Waals surface area contributed by atoms with Gasteiger partial charge in [-0.05, 0) is 25.2 Å². The highest BCUT2D eigenvalue weighted by atomic mass is 16.5. The fourth-order valence-corrected chi connectivity index (χ4v) is 2.09. The van der Waals surface area contributed by atoms with Gasteiger partial charge >= 0.3 is 5.97 Å². The van der Waals surface area contributed by atoms with Gasteiger partial charge in [-0.2, -0.15) is 0 Å². The normalized spacial score (nSPS) is 14.0. The summed E-state index contributed by atoms with van der Waals surface area (Å²) in [5.41, 5.74) is 0. The van der Waals surface area contributed by atoms with E-state index in [0.29, 0.717) is 12.3 Å². The zero-order chi connectivity index (χ0) is 14.8. The van der Waals surface area contributed by atoms with Crippen molar-refractivity contribution in [1.29, 1.82) is 0 Å². The SMILES string of the molecule is CCCCC(CC)C(=O)NC(CC(C)C)C(=O)OC. The van der Waals surface area contributed by atoms with Crippen LogP contribution in [0.3, 0.4) is 0 Å². The summed E-state index contributed by atoms with van der Waals surface area (Å²) in [5.74, 6) is -0.0428. The molecule has 2 unspecified atom stereocenters. The minimum absolute atomic E-state index is 0.000677. The van der Waals surface area contributed by atoms with Crippen LogP contribution in [0.1, 0.15) is 59.8 Å². The maximum Gasteiger partial charge on any atom is 0.328 e. The molecule has 0 aromatic rings. The minimum Gasteiger partial charge on any atom is -0.467 e. The fourth-order valence-electron chi connectivity index (χ4n) is 2.09. The average molecular weight is 271 g/mol. The third kappa shape index (κ3) is 7.19. The molecule has 0 heterocycles. The molecule has 0 radical (unpaired) electrons. The molecule has 112 valence electrons. The molecule has 1 N–H and O–H groups in total. The molecule has 4 nitrogen and oxygen atoms in total. The lowest BCUT2D eigenvalue weighted by atomic mass is 9.97. The van der Waals surface area contributed by atoms with Crippen LogP contribution in [0.25, 0.3) is 0 Å². The topological polar surface area (TPSA) is 55.4 Å². The van der Waals surface area contributed by atoms with E-state index in [4.69, 9.17) is 4.74 Å². The number of esters is 1. The Morgan fingerprint density at radius 1 is 1.21 bits per heavy atom. The van der Waals surface area contributed by atoms with Gasteiger partial charge in [0, 0.05) is 5.92 Å². The highest BCUT2D eigenvalue weighted by Crippen LogP contribution is 2.14. The van der Waals surface area contributed by atoms with Crippen molar-refractivity contribution < 1.29 is 14.3 Å². The van der Waals surface area contributed by atoms with E-state index in [0.717, 1.165) is 25.7 Å². The van der Waals surface area contributed by atoms with Crippen molar-refractivity contribution >= 4 is 11.9 Å². The predicted octanol–water partition coefficient (Wildman–Crippen LogP) is 2.91. The maximum absolute atomic E-state index is 12.2. The molecule has 0 rings (SSSR count). The van der Waals surface area contributed by atoms with Crippen molar-refractivity contribution in [3.63, 3.8) is 0 Å². The van der Waals surface area contributed by atoms with E-state index in [1.165, 1.54) is 7.11 Å². The third-order valence-electron chi connectivity index (χ3n) is 3.28. The number of amides is 1. The minimum atomic E-state index is -0.520. The lowest BCUT2D eigenvalue weighted by Gasteiger charge is -2.21. The molecule has 0 aromatic carbocycles. The van der Waals surface area contributed by atoms with E-state index < -0.39 is 6.04 Å². The van der Waals surface area contributed by atoms with Gasteiger partial charge in [0.2, 0.25) is 5.91 Å². The molecule has 4 heteroatoms. The van der Waals surface area contributed by atoms with E-state index in [-0.39, 0.29) is 17.8 Å². The molecule has 0 aliphatic heterocycles. The van der Waals surface area contributed by atoms with Crippen molar-refractivity contribution in [2.75, 3.05) is 7.11 Å². The smallest absolute Gasteiger partial charge is 0.328 e. The molecule has 0 saturated heterocycles. The fraction of sp³-hybridized carbons (Fsp3) is 0.867. The first-order chi connectivity index (χ1) is 8.96. The van der Waals surface area contributed by atoms with E-state index in [1.54, 1.807) is 0 Å². The predicted molar refractivity (Wildman–Crippen MR) is 76.7 cm³/mol. The summed E-state index contributed by atoms with van der Waals surface area (Å²) in [7, 11) is 1.36. The van der Waals surface area contributed by atoms with Crippen LogP contribution in [0.2, 0.25) is 0 Å². The zero-order valence-electron chi connectivity index (χ0n) is 13.0. The molecule has 0 fully saturated rings. The van der Waals surface area contributed by atoms with Crippen LogP contribution in [0.15, 0.2) is 0 Å². The van der Waals surface area contributed by atoms with Gasteiger partial charge < -0.3 is 10.1 Å².